The number of hydrogen-bond acceptors (Lipinski definition) is 7. The van der Waals surface area contributed by atoms with Crippen molar-refractivity contribution in [1.82, 2.24) is 26.3 Å². The average Bonchev–Trinajstić information content (AvgIpc) is 3.18. The molecule has 9 nitrogen and oxygen atoms in total. The normalized spacial score (nSPS) is 21.3. The molecule has 319 valence electrons. The van der Waals surface area contributed by atoms with E-state index in [9.17, 15) is 9.59 Å². The third kappa shape index (κ3) is 27.7. The molecule has 6 N–H and O–H groups in total. The zero-order valence-electron chi connectivity index (χ0n) is 35.2. The summed E-state index contributed by atoms with van der Waals surface area (Å²) in [7, 11) is 0. The minimum absolute atomic E-state index is 0. The number of unbranched alkanes of at least 4 members (excludes halogenated alkanes) is 16. The third-order valence-corrected chi connectivity index (χ3v) is 11.4. The van der Waals surface area contributed by atoms with Crippen LogP contribution in [0.4, 0.5) is 0 Å². The van der Waals surface area contributed by atoms with Gasteiger partial charge in [0.25, 0.3) is 0 Å². The Morgan fingerprint density at radius 3 is 1.16 bits per heavy atom. The molecule has 1 aliphatic heterocycles. The van der Waals surface area contributed by atoms with Crippen LogP contribution in [-0.4, -0.2) is 64.4 Å². The van der Waals surface area contributed by atoms with Crippen molar-refractivity contribution in [1.29, 1.82) is 0 Å². The van der Waals surface area contributed by atoms with Crippen molar-refractivity contribution >= 4 is 11.9 Å². The quantitative estimate of drug-likeness (QED) is 0.0562. The topological polar surface area (TPSA) is 136 Å². The van der Waals surface area contributed by atoms with Crippen LogP contribution >= 0.6 is 0 Å². The van der Waals surface area contributed by atoms with Gasteiger partial charge in [0.05, 0.1) is 11.4 Å². The number of carboxylic acids is 2. The number of pyridine rings is 1. The van der Waals surface area contributed by atoms with E-state index in [0.717, 1.165) is 51.9 Å². The first-order chi connectivity index (χ1) is 26.4. The van der Waals surface area contributed by atoms with E-state index in [4.69, 9.17) is 15.2 Å². The first kappa shape index (κ1) is 51.5. The molecule has 2 fully saturated rings. The van der Waals surface area contributed by atoms with Gasteiger partial charge in [0, 0.05) is 80.3 Å². The Morgan fingerprint density at radius 2 is 0.836 bits per heavy atom. The number of carbonyl (C=O) groups is 2. The predicted molar refractivity (Wildman–Crippen MR) is 225 cm³/mol. The Morgan fingerprint density at radius 1 is 0.527 bits per heavy atom. The van der Waals surface area contributed by atoms with Gasteiger partial charge in [-0.3, -0.25) is 14.6 Å². The van der Waals surface area contributed by atoms with Crippen molar-refractivity contribution in [3.63, 3.8) is 0 Å². The van der Waals surface area contributed by atoms with Gasteiger partial charge in [0.1, 0.15) is 0 Å². The largest absolute Gasteiger partial charge is 0.481 e. The molecular weight excluding hydrogens is 729 g/mol. The SMILES string of the molecule is CCCCCCCCCCCC(=O)O.CCCCCCCCCCCC(=O)O.[Mn].c1cc2nc(c1)CN[C@H]1CCCC[C@@H]1NCCN[C@H]1CCCC[C@@H]1NC2. The van der Waals surface area contributed by atoms with Crippen molar-refractivity contribution in [3.8, 4) is 0 Å². The van der Waals surface area contributed by atoms with E-state index in [0.29, 0.717) is 37.0 Å². The number of nitrogens with one attached hydrogen (secondary N) is 4. The Hall–Kier alpha value is -1.55. The fourth-order valence-electron chi connectivity index (χ4n) is 8.13. The van der Waals surface area contributed by atoms with Crippen molar-refractivity contribution in [3.05, 3.63) is 29.6 Å². The van der Waals surface area contributed by atoms with Crippen molar-refractivity contribution in [2.75, 3.05) is 13.1 Å². The molecule has 1 aromatic heterocycles. The van der Waals surface area contributed by atoms with Gasteiger partial charge in [-0.05, 0) is 50.7 Å². The summed E-state index contributed by atoms with van der Waals surface area (Å²) in [5.41, 5.74) is 2.34. The van der Waals surface area contributed by atoms with Gasteiger partial charge < -0.3 is 31.5 Å². The second kappa shape index (κ2) is 35.6. The molecule has 0 spiro atoms. The molecule has 10 heteroatoms. The maximum Gasteiger partial charge on any atom is 0.303 e. The minimum atomic E-state index is -0.659. The van der Waals surface area contributed by atoms with Crippen LogP contribution in [0.1, 0.15) is 205 Å². The molecule has 0 saturated heterocycles. The van der Waals surface area contributed by atoms with Gasteiger partial charge in [0.2, 0.25) is 0 Å². The molecule has 0 unspecified atom stereocenters. The van der Waals surface area contributed by atoms with E-state index in [-0.39, 0.29) is 17.1 Å². The molecular formula is C45H83MnN5O4. The molecule has 1 aromatic rings. The monoisotopic (exact) mass is 813 g/mol. The Bertz CT molecular complexity index is 989. The summed E-state index contributed by atoms with van der Waals surface area (Å²) < 4.78 is 0. The summed E-state index contributed by atoms with van der Waals surface area (Å²) in [5.74, 6) is -1.32. The predicted octanol–water partition coefficient (Wildman–Crippen LogP) is 10.1. The van der Waals surface area contributed by atoms with Gasteiger partial charge in [0.15, 0.2) is 0 Å². The van der Waals surface area contributed by atoms with Gasteiger partial charge in [-0.2, -0.15) is 0 Å². The number of nitrogens with zero attached hydrogens (tertiary/aromatic N) is 1. The fraction of sp³-hybridized carbons (Fsp3) is 0.844. The molecule has 2 heterocycles. The molecule has 1 radical (unpaired) electrons. The molecule has 2 bridgehead atoms. The maximum atomic E-state index is 10.2. The standard InChI is InChI=1S/C21H35N5.2C12H24O2.Mn/c1-3-10-20-18(8-1)22-12-13-23-19-9-2-4-11-21(19)25-15-17-7-5-6-16(26-17)14-24-20;2*1-2-3-4-5-6-7-8-9-10-11-12(13)14;/h5-7,18-25H,1-4,8-15H2;2*2-11H2,1H3,(H,13,14);/t18-,19-,20-,21-;;;/m0.../s1. The Labute approximate surface area is 347 Å². The molecule has 3 aliphatic rings. The summed E-state index contributed by atoms with van der Waals surface area (Å²) in [6, 6.07) is 8.81. The minimum Gasteiger partial charge on any atom is -0.481 e. The van der Waals surface area contributed by atoms with Gasteiger partial charge in [-0.25, -0.2) is 0 Å². The summed E-state index contributed by atoms with van der Waals surface area (Å²) in [6.07, 6.45) is 33.5. The Balaban J connectivity index is 0.000000449. The van der Waals surface area contributed by atoms with Gasteiger partial charge >= 0.3 is 11.9 Å². The molecule has 2 saturated carbocycles. The van der Waals surface area contributed by atoms with Crippen LogP contribution in [-0.2, 0) is 39.7 Å². The number of hydrogen-bond donors (Lipinski definition) is 6. The van der Waals surface area contributed by atoms with E-state index in [1.165, 1.54) is 153 Å². The molecule has 4 atom stereocenters. The van der Waals surface area contributed by atoms with E-state index in [1.54, 1.807) is 0 Å². The number of rotatable bonds is 20. The second-order valence-electron chi connectivity index (χ2n) is 16.2. The van der Waals surface area contributed by atoms with E-state index < -0.39 is 11.9 Å². The zero-order chi connectivity index (χ0) is 38.9. The fourth-order valence-corrected chi connectivity index (χ4v) is 8.13. The molecule has 0 aromatic carbocycles. The molecule has 0 amide bonds. The van der Waals surface area contributed by atoms with Crippen LogP contribution in [0.2, 0.25) is 0 Å². The van der Waals surface area contributed by atoms with Crippen LogP contribution in [0.25, 0.3) is 0 Å². The van der Waals surface area contributed by atoms with Gasteiger partial charge in [-0.1, -0.05) is 148 Å². The first-order valence-electron chi connectivity index (χ1n) is 22.7. The van der Waals surface area contributed by atoms with Crippen LogP contribution in [0.3, 0.4) is 0 Å². The molecule has 2 aliphatic carbocycles. The summed E-state index contributed by atoms with van der Waals surface area (Å²) in [5, 5.41) is 32.0. The summed E-state index contributed by atoms with van der Waals surface area (Å²) >= 11 is 0. The Kier molecular flexibility index (Phi) is 33.3. The van der Waals surface area contributed by atoms with Gasteiger partial charge in [-0.15, -0.1) is 0 Å². The van der Waals surface area contributed by atoms with E-state index in [1.807, 2.05) is 0 Å². The maximum absolute atomic E-state index is 10.2. The molecule has 55 heavy (non-hydrogen) atoms. The zero-order valence-corrected chi connectivity index (χ0v) is 36.4. The second-order valence-corrected chi connectivity index (χ2v) is 16.2. The van der Waals surface area contributed by atoms with Crippen molar-refractivity contribution in [2.45, 2.75) is 231 Å². The molecule has 4 rings (SSSR count). The van der Waals surface area contributed by atoms with Crippen molar-refractivity contribution < 1.29 is 36.9 Å². The number of carboxylic acid groups (broad SMARTS) is 2. The number of aromatic nitrogens is 1. The van der Waals surface area contributed by atoms with Crippen LogP contribution in [0, 0.1) is 0 Å². The smallest absolute Gasteiger partial charge is 0.303 e. The van der Waals surface area contributed by atoms with Crippen LogP contribution in [0.5, 0.6) is 0 Å². The number of aliphatic carboxylic acids is 2. The summed E-state index contributed by atoms with van der Waals surface area (Å²) in [6.45, 7) is 8.34. The average molecular weight is 813 g/mol. The summed E-state index contributed by atoms with van der Waals surface area (Å²) in [4.78, 5) is 25.3. The van der Waals surface area contributed by atoms with E-state index in [2.05, 4.69) is 53.3 Å². The van der Waals surface area contributed by atoms with Crippen molar-refractivity contribution in [2.24, 2.45) is 0 Å². The first-order valence-corrected chi connectivity index (χ1v) is 22.7. The third-order valence-electron chi connectivity index (χ3n) is 11.4. The van der Waals surface area contributed by atoms with Crippen LogP contribution in [0.15, 0.2) is 18.2 Å². The van der Waals surface area contributed by atoms with E-state index >= 15 is 0 Å². The number of fused-ring (bicyclic) bond motifs is 4. The van der Waals surface area contributed by atoms with Crippen LogP contribution < -0.4 is 21.3 Å².